The fourth-order valence-electron chi connectivity index (χ4n) is 3.38. The summed E-state index contributed by atoms with van der Waals surface area (Å²) in [7, 11) is 0. The zero-order chi connectivity index (χ0) is 19.2. The lowest BCUT2D eigenvalue weighted by atomic mass is 10.0. The van der Waals surface area contributed by atoms with E-state index >= 15 is 0 Å². The number of para-hydroxylation sites is 1. The first-order chi connectivity index (χ1) is 13.0. The van der Waals surface area contributed by atoms with E-state index in [2.05, 4.69) is 15.5 Å². The van der Waals surface area contributed by atoms with Gasteiger partial charge in [-0.05, 0) is 44.0 Å². The lowest BCUT2D eigenvalue weighted by Gasteiger charge is -2.32. The van der Waals surface area contributed by atoms with Gasteiger partial charge >= 0.3 is 0 Å². The van der Waals surface area contributed by atoms with Crippen molar-refractivity contribution in [2.45, 2.75) is 25.8 Å². The molecule has 1 saturated heterocycles. The highest BCUT2D eigenvalue weighted by molar-refractivity contribution is 5.99. The molecule has 0 aliphatic carbocycles. The van der Waals surface area contributed by atoms with E-state index < -0.39 is 5.82 Å². The number of nitrogens with zero attached hydrogens (tertiary/aromatic N) is 1. The number of rotatable bonds is 6. The number of piperidine rings is 1. The van der Waals surface area contributed by atoms with Crippen molar-refractivity contribution >= 4 is 23.1 Å². The Bertz CT molecular complexity index is 802. The minimum atomic E-state index is -0.498. The molecule has 0 aromatic heterocycles. The van der Waals surface area contributed by atoms with Crippen molar-refractivity contribution in [1.29, 1.82) is 0 Å². The summed E-state index contributed by atoms with van der Waals surface area (Å²) in [6.45, 7) is 3.26. The maximum Gasteiger partial charge on any atom is 0.238 e. The van der Waals surface area contributed by atoms with Crippen LogP contribution in [0.15, 0.2) is 48.5 Å². The van der Waals surface area contributed by atoms with Crippen molar-refractivity contribution < 1.29 is 14.0 Å². The zero-order valence-electron chi connectivity index (χ0n) is 15.4. The third-order valence-electron chi connectivity index (χ3n) is 4.74. The number of Topliss-reactive ketones (excluding diaryl/α,β-unsaturated/α-hetero) is 1. The van der Waals surface area contributed by atoms with Crippen molar-refractivity contribution in [3.8, 4) is 0 Å². The van der Waals surface area contributed by atoms with E-state index in [-0.39, 0.29) is 23.3 Å². The van der Waals surface area contributed by atoms with Crippen LogP contribution in [0.5, 0.6) is 0 Å². The summed E-state index contributed by atoms with van der Waals surface area (Å²) in [5.74, 6) is -0.815. The predicted molar refractivity (Wildman–Crippen MR) is 105 cm³/mol. The second-order valence-corrected chi connectivity index (χ2v) is 6.83. The predicted octanol–water partition coefficient (Wildman–Crippen LogP) is 3.54. The van der Waals surface area contributed by atoms with Gasteiger partial charge in [0.2, 0.25) is 5.91 Å². The largest absolute Gasteiger partial charge is 0.382 e. The van der Waals surface area contributed by atoms with E-state index in [9.17, 15) is 14.0 Å². The van der Waals surface area contributed by atoms with E-state index in [1.807, 2.05) is 30.3 Å². The summed E-state index contributed by atoms with van der Waals surface area (Å²) < 4.78 is 13.9. The van der Waals surface area contributed by atoms with E-state index in [0.29, 0.717) is 12.2 Å². The van der Waals surface area contributed by atoms with Crippen LogP contribution >= 0.6 is 0 Å². The van der Waals surface area contributed by atoms with Crippen LogP contribution in [0.3, 0.4) is 0 Å². The van der Waals surface area contributed by atoms with Crippen molar-refractivity contribution in [1.82, 2.24) is 4.90 Å². The van der Waals surface area contributed by atoms with Gasteiger partial charge in [-0.1, -0.05) is 24.3 Å². The number of hydrogen-bond donors (Lipinski definition) is 2. The molecule has 2 aromatic carbocycles. The summed E-state index contributed by atoms with van der Waals surface area (Å²) in [6.07, 6.45) is 1.65. The van der Waals surface area contributed by atoms with E-state index in [4.69, 9.17) is 0 Å². The molecule has 1 fully saturated rings. The average molecular weight is 369 g/mol. The van der Waals surface area contributed by atoms with Crippen LogP contribution in [0.2, 0.25) is 0 Å². The summed E-state index contributed by atoms with van der Waals surface area (Å²) in [5.41, 5.74) is 1.45. The summed E-state index contributed by atoms with van der Waals surface area (Å²) in [4.78, 5) is 26.0. The van der Waals surface area contributed by atoms with Crippen LogP contribution < -0.4 is 10.6 Å². The number of halogens is 1. The zero-order valence-corrected chi connectivity index (χ0v) is 15.4. The molecule has 2 aromatic rings. The minimum Gasteiger partial charge on any atom is -0.382 e. The van der Waals surface area contributed by atoms with Crippen LogP contribution in [-0.4, -0.2) is 42.3 Å². The highest BCUT2D eigenvalue weighted by Gasteiger charge is 2.22. The molecule has 1 heterocycles. The molecule has 6 heteroatoms. The summed E-state index contributed by atoms with van der Waals surface area (Å²) in [5, 5.41) is 6.19. The fourth-order valence-corrected chi connectivity index (χ4v) is 3.38. The Morgan fingerprint density at radius 3 is 2.44 bits per heavy atom. The minimum absolute atomic E-state index is 0.0309. The van der Waals surface area contributed by atoms with Crippen LogP contribution in [0.4, 0.5) is 15.8 Å². The van der Waals surface area contributed by atoms with Gasteiger partial charge in [-0.3, -0.25) is 14.5 Å². The summed E-state index contributed by atoms with van der Waals surface area (Å²) >= 11 is 0. The highest BCUT2D eigenvalue weighted by atomic mass is 19.1. The molecule has 0 spiro atoms. The molecular formula is C21H24FN3O2. The van der Waals surface area contributed by atoms with Crippen molar-refractivity contribution in [3.05, 3.63) is 59.9 Å². The molecule has 1 amide bonds. The number of ketones is 1. The lowest BCUT2D eigenvalue weighted by molar-refractivity contribution is -0.117. The Balaban J connectivity index is 1.50. The maximum atomic E-state index is 13.9. The topological polar surface area (TPSA) is 61.4 Å². The number of carbonyl (C=O) groups excluding carboxylic acids is 2. The van der Waals surface area contributed by atoms with Gasteiger partial charge in [0.1, 0.15) is 5.82 Å². The molecule has 27 heavy (non-hydrogen) atoms. The first kappa shape index (κ1) is 19.0. The fraction of sp³-hybridized carbons (Fsp3) is 0.333. The van der Waals surface area contributed by atoms with E-state index in [1.165, 1.54) is 13.0 Å². The lowest BCUT2D eigenvalue weighted by Crippen LogP contribution is -2.42. The second kappa shape index (κ2) is 8.77. The molecule has 2 N–H and O–H groups in total. The molecule has 3 rings (SSSR count). The number of nitrogens with one attached hydrogen (secondary N) is 2. The molecule has 142 valence electrons. The van der Waals surface area contributed by atoms with E-state index in [0.717, 1.165) is 31.6 Å². The third-order valence-corrected chi connectivity index (χ3v) is 4.74. The average Bonchev–Trinajstić information content (AvgIpc) is 2.64. The maximum absolute atomic E-state index is 13.9. The Labute approximate surface area is 158 Å². The van der Waals surface area contributed by atoms with Gasteiger partial charge in [0.05, 0.1) is 12.1 Å². The molecule has 0 saturated carbocycles. The van der Waals surface area contributed by atoms with Crippen LogP contribution in [0.1, 0.15) is 30.1 Å². The number of hydrogen-bond acceptors (Lipinski definition) is 4. The molecule has 0 bridgehead atoms. The van der Waals surface area contributed by atoms with Crippen LogP contribution in [0, 0.1) is 5.82 Å². The summed E-state index contributed by atoms with van der Waals surface area (Å²) in [6, 6.07) is 14.2. The Kier molecular flexibility index (Phi) is 6.19. The number of amides is 1. The molecule has 1 aliphatic rings. The van der Waals surface area contributed by atoms with Gasteiger partial charge in [-0.2, -0.15) is 0 Å². The van der Waals surface area contributed by atoms with Crippen molar-refractivity contribution in [2.24, 2.45) is 0 Å². The van der Waals surface area contributed by atoms with Gasteiger partial charge in [-0.15, -0.1) is 0 Å². The molecule has 1 aliphatic heterocycles. The first-order valence-electron chi connectivity index (χ1n) is 9.16. The number of benzene rings is 2. The number of carbonyl (C=O) groups is 2. The standard InChI is InChI=1S/C21H24FN3O2/c1-15(26)21-18(22)8-5-9-19(21)23-17-10-12-25(13-11-17)14-20(27)24-16-6-3-2-4-7-16/h2-9,17,23H,10-14H2,1H3,(H,24,27). The quantitative estimate of drug-likeness (QED) is 0.765. The normalized spacial score (nSPS) is 15.3. The molecule has 5 nitrogen and oxygen atoms in total. The monoisotopic (exact) mass is 369 g/mol. The Hall–Kier alpha value is -2.73. The SMILES string of the molecule is CC(=O)c1c(F)cccc1NC1CCN(CC(=O)Nc2ccccc2)CC1. The van der Waals surface area contributed by atoms with Crippen molar-refractivity contribution in [2.75, 3.05) is 30.3 Å². The molecular weight excluding hydrogens is 345 g/mol. The Morgan fingerprint density at radius 1 is 1.07 bits per heavy atom. The van der Waals surface area contributed by atoms with Crippen molar-refractivity contribution in [3.63, 3.8) is 0 Å². The van der Waals surface area contributed by atoms with Gasteiger partial charge < -0.3 is 10.6 Å². The molecule has 0 radical (unpaired) electrons. The van der Waals surface area contributed by atoms with Gasteiger partial charge in [0, 0.05) is 30.5 Å². The molecule has 0 atom stereocenters. The number of anilines is 2. The van der Waals surface area contributed by atoms with Gasteiger partial charge in [0.25, 0.3) is 0 Å². The van der Waals surface area contributed by atoms with Crippen LogP contribution in [0.25, 0.3) is 0 Å². The highest BCUT2D eigenvalue weighted by Crippen LogP contribution is 2.23. The van der Waals surface area contributed by atoms with E-state index in [1.54, 1.807) is 12.1 Å². The third kappa shape index (κ3) is 5.14. The van der Waals surface area contributed by atoms with Gasteiger partial charge in [-0.25, -0.2) is 4.39 Å². The Morgan fingerprint density at radius 2 is 1.78 bits per heavy atom. The second-order valence-electron chi connectivity index (χ2n) is 6.83. The number of likely N-dealkylation sites (tertiary alicyclic amines) is 1. The first-order valence-corrected chi connectivity index (χ1v) is 9.16. The molecule has 0 unspecified atom stereocenters. The van der Waals surface area contributed by atoms with Crippen LogP contribution in [-0.2, 0) is 4.79 Å². The smallest absolute Gasteiger partial charge is 0.238 e. The van der Waals surface area contributed by atoms with Gasteiger partial charge in [0.15, 0.2) is 5.78 Å².